The number of hydrogen-bond donors (Lipinski definition) is 1. The standard InChI is InChI=1S/C28H41N3O5S/c1-8-22(4)29-28(33)23(5)30(19-24-11-9-12-26(18-24)36-6)27(32)13-10-14-31(37(7,34)35)25-16-20(2)15-21(3)17-25/h9,11-12,15-18,22-23H,8,10,13-14,19H2,1-7H3,(H,29,33)/t22-,23-/m1/s1. The normalized spacial score (nSPS) is 12.9. The van der Waals surface area contributed by atoms with Gasteiger partial charge in [-0.25, -0.2) is 8.42 Å². The fraction of sp³-hybridized carbons (Fsp3) is 0.500. The van der Waals surface area contributed by atoms with Gasteiger partial charge >= 0.3 is 0 Å². The Kier molecular flexibility index (Phi) is 11.0. The molecular weight excluding hydrogens is 490 g/mol. The Bertz CT molecular complexity index is 1160. The molecule has 2 aromatic carbocycles. The summed E-state index contributed by atoms with van der Waals surface area (Å²) in [5.41, 5.74) is 3.35. The highest BCUT2D eigenvalue weighted by Gasteiger charge is 2.27. The average Bonchev–Trinajstić information content (AvgIpc) is 2.83. The van der Waals surface area contributed by atoms with E-state index in [9.17, 15) is 18.0 Å². The molecule has 2 rings (SSSR count). The smallest absolute Gasteiger partial charge is 0.242 e. The Morgan fingerprint density at radius 1 is 1.05 bits per heavy atom. The summed E-state index contributed by atoms with van der Waals surface area (Å²) in [6.45, 7) is 9.86. The Labute approximate surface area is 222 Å². The summed E-state index contributed by atoms with van der Waals surface area (Å²) in [6, 6.07) is 12.3. The Morgan fingerprint density at radius 3 is 2.27 bits per heavy atom. The molecule has 0 aliphatic rings. The zero-order valence-corrected chi connectivity index (χ0v) is 23.9. The molecular formula is C28H41N3O5S. The maximum Gasteiger partial charge on any atom is 0.242 e. The second kappa shape index (κ2) is 13.5. The van der Waals surface area contributed by atoms with Crippen molar-refractivity contribution >= 4 is 27.5 Å². The number of nitrogens with zero attached hydrogens (tertiary/aromatic N) is 2. The van der Waals surface area contributed by atoms with E-state index in [4.69, 9.17) is 4.74 Å². The second-order valence-corrected chi connectivity index (χ2v) is 11.6. The lowest BCUT2D eigenvalue weighted by Crippen LogP contribution is -2.49. The number of benzene rings is 2. The van der Waals surface area contributed by atoms with Crippen LogP contribution in [0.1, 0.15) is 56.7 Å². The van der Waals surface area contributed by atoms with Crippen LogP contribution in [0.15, 0.2) is 42.5 Å². The van der Waals surface area contributed by atoms with E-state index in [1.807, 2.05) is 70.2 Å². The molecule has 0 aromatic heterocycles. The quantitative estimate of drug-likeness (QED) is 0.418. The van der Waals surface area contributed by atoms with Crippen LogP contribution in [0.4, 0.5) is 5.69 Å². The van der Waals surface area contributed by atoms with Crippen molar-refractivity contribution in [1.82, 2.24) is 10.2 Å². The van der Waals surface area contributed by atoms with Crippen LogP contribution in [0.3, 0.4) is 0 Å². The van der Waals surface area contributed by atoms with Crippen molar-refractivity contribution in [1.29, 1.82) is 0 Å². The number of methoxy groups -OCH3 is 1. The summed E-state index contributed by atoms with van der Waals surface area (Å²) in [4.78, 5) is 27.9. The van der Waals surface area contributed by atoms with Gasteiger partial charge < -0.3 is 15.0 Å². The van der Waals surface area contributed by atoms with E-state index in [0.29, 0.717) is 17.9 Å². The van der Waals surface area contributed by atoms with Crippen LogP contribution >= 0.6 is 0 Å². The predicted molar refractivity (Wildman–Crippen MR) is 148 cm³/mol. The van der Waals surface area contributed by atoms with E-state index in [-0.39, 0.29) is 37.4 Å². The van der Waals surface area contributed by atoms with Gasteiger partial charge in [0.2, 0.25) is 21.8 Å². The maximum absolute atomic E-state index is 13.4. The lowest BCUT2D eigenvalue weighted by Gasteiger charge is -2.30. The highest BCUT2D eigenvalue weighted by atomic mass is 32.2. The summed E-state index contributed by atoms with van der Waals surface area (Å²) in [5.74, 6) is 0.223. The number of amides is 2. The van der Waals surface area contributed by atoms with Gasteiger partial charge in [0.05, 0.1) is 19.1 Å². The molecule has 0 saturated carbocycles. The van der Waals surface area contributed by atoms with Crippen LogP contribution in [-0.2, 0) is 26.2 Å². The van der Waals surface area contributed by atoms with Gasteiger partial charge in [-0.05, 0) is 81.5 Å². The van der Waals surface area contributed by atoms with Crippen molar-refractivity contribution in [2.75, 3.05) is 24.2 Å². The fourth-order valence-corrected chi connectivity index (χ4v) is 5.06. The number of carbonyl (C=O) groups is 2. The number of aryl methyl sites for hydroxylation is 2. The van der Waals surface area contributed by atoms with Gasteiger partial charge in [-0.15, -0.1) is 0 Å². The predicted octanol–water partition coefficient (Wildman–Crippen LogP) is 4.19. The molecule has 1 N–H and O–H groups in total. The summed E-state index contributed by atoms with van der Waals surface area (Å²) in [6.07, 6.45) is 2.36. The SMILES string of the molecule is CC[C@@H](C)NC(=O)[C@@H](C)N(Cc1cccc(OC)c1)C(=O)CCCN(c1cc(C)cc(C)c1)S(C)(=O)=O. The second-order valence-electron chi connectivity index (χ2n) is 9.65. The van der Waals surface area contributed by atoms with Gasteiger partial charge in [0, 0.05) is 25.6 Å². The molecule has 0 spiro atoms. The van der Waals surface area contributed by atoms with Crippen LogP contribution in [0.5, 0.6) is 5.75 Å². The molecule has 37 heavy (non-hydrogen) atoms. The van der Waals surface area contributed by atoms with Gasteiger partial charge in [-0.1, -0.05) is 25.1 Å². The van der Waals surface area contributed by atoms with Crippen molar-refractivity contribution in [3.8, 4) is 5.75 Å². The van der Waals surface area contributed by atoms with E-state index in [0.717, 1.165) is 23.1 Å². The van der Waals surface area contributed by atoms with E-state index in [2.05, 4.69) is 5.32 Å². The van der Waals surface area contributed by atoms with Crippen molar-refractivity contribution in [2.45, 2.75) is 72.5 Å². The largest absolute Gasteiger partial charge is 0.497 e. The van der Waals surface area contributed by atoms with Crippen molar-refractivity contribution in [2.24, 2.45) is 0 Å². The fourth-order valence-electron chi connectivity index (χ4n) is 4.11. The van der Waals surface area contributed by atoms with E-state index in [1.54, 1.807) is 18.9 Å². The number of rotatable bonds is 13. The van der Waals surface area contributed by atoms with Crippen LogP contribution in [0.25, 0.3) is 0 Å². The molecule has 0 heterocycles. The first kappa shape index (κ1) is 30.2. The van der Waals surface area contributed by atoms with Crippen molar-refractivity contribution < 1.29 is 22.7 Å². The summed E-state index contributed by atoms with van der Waals surface area (Å²) in [5, 5.41) is 2.95. The maximum atomic E-state index is 13.4. The summed E-state index contributed by atoms with van der Waals surface area (Å²) in [7, 11) is -1.96. The number of ether oxygens (including phenoxy) is 1. The Morgan fingerprint density at radius 2 is 1.70 bits per heavy atom. The van der Waals surface area contributed by atoms with Crippen LogP contribution in [0, 0.1) is 13.8 Å². The molecule has 0 bridgehead atoms. The lowest BCUT2D eigenvalue weighted by atomic mass is 10.1. The average molecular weight is 532 g/mol. The minimum atomic E-state index is -3.54. The molecule has 9 heteroatoms. The third-order valence-electron chi connectivity index (χ3n) is 6.30. The zero-order chi connectivity index (χ0) is 27.8. The number of anilines is 1. The molecule has 0 aliphatic carbocycles. The molecule has 2 atom stereocenters. The first-order valence-corrected chi connectivity index (χ1v) is 14.5. The van der Waals surface area contributed by atoms with Crippen molar-refractivity contribution in [3.05, 3.63) is 59.2 Å². The first-order chi connectivity index (χ1) is 17.3. The topological polar surface area (TPSA) is 96.0 Å². The molecule has 2 amide bonds. The van der Waals surface area contributed by atoms with Crippen LogP contribution < -0.4 is 14.4 Å². The molecule has 0 unspecified atom stereocenters. The number of nitrogens with one attached hydrogen (secondary N) is 1. The first-order valence-electron chi connectivity index (χ1n) is 12.6. The number of carbonyl (C=O) groups excluding carboxylic acids is 2. The third kappa shape index (κ3) is 9.07. The van der Waals surface area contributed by atoms with E-state index in [1.165, 1.54) is 10.6 Å². The number of sulfonamides is 1. The highest BCUT2D eigenvalue weighted by molar-refractivity contribution is 7.92. The third-order valence-corrected chi connectivity index (χ3v) is 7.50. The highest BCUT2D eigenvalue weighted by Crippen LogP contribution is 2.23. The molecule has 0 radical (unpaired) electrons. The molecule has 0 fully saturated rings. The van der Waals surface area contributed by atoms with Crippen LogP contribution in [-0.4, -0.2) is 57.1 Å². The molecule has 2 aromatic rings. The minimum Gasteiger partial charge on any atom is -0.497 e. The summed E-state index contributed by atoms with van der Waals surface area (Å²) < 4.78 is 31.8. The molecule has 8 nitrogen and oxygen atoms in total. The van der Waals surface area contributed by atoms with Crippen molar-refractivity contribution in [3.63, 3.8) is 0 Å². The van der Waals surface area contributed by atoms with E-state index >= 15 is 0 Å². The monoisotopic (exact) mass is 531 g/mol. The minimum absolute atomic E-state index is 0.00942. The Hall–Kier alpha value is -3.07. The molecule has 204 valence electrons. The number of hydrogen-bond acceptors (Lipinski definition) is 5. The summed E-state index contributed by atoms with van der Waals surface area (Å²) >= 11 is 0. The van der Waals surface area contributed by atoms with Gasteiger partial charge in [-0.2, -0.15) is 0 Å². The zero-order valence-electron chi connectivity index (χ0n) is 23.1. The molecule has 0 aliphatic heterocycles. The molecule has 0 saturated heterocycles. The van der Waals surface area contributed by atoms with Gasteiger partial charge in [0.1, 0.15) is 11.8 Å². The Balaban J connectivity index is 2.22. The van der Waals surface area contributed by atoms with Crippen LogP contribution in [0.2, 0.25) is 0 Å². The van der Waals surface area contributed by atoms with Gasteiger partial charge in [0.15, 0.2) is 0 Å². The van der Waals surface area contributed by atoms with E-state index < -0.39 is 16.1 Å². The van der Waals surface area contributed by atoms with Gasteiger partial charge in [-0.3, -0.25) is 13.9 Å². The van der Waals surface area contributed by atoms with Gasteiger partial charge in [0.25, 0.3) is 0 Å². The lowest BCUT2D eigenvalue weighted by molar-refractivity contribution is -0.140.